The normalized spacial score (nSPS) is 17.4. The van der Waals surface area contributed by atoms with Crippen molar-refractivity contribution in [2.75, 3.05) is 5.32 Å². The van der Waals surface area contributed by atoms with Crippen LogP contribution in [0.15, 0.2) is 42.0 Å². The van der Waals surface area contributed by atoms with Crippen LogP contribution in [-0.2, 0) is 9.59 Å². The molecule has 3 heterocycles. The number of rotatable bonds is 3. The molecule has 1 aliphatic rings. The van der Waals surface area contributed by atoms with Gasteiger partial charge in [-0.05, 0) is 12.5 Å². The molecule has 0 spiro atoms. The van der Waals surface area contributed by atoms with Crippen LogP contribution in [0.3, 0.4) is 0 Å². The van der Waals surface area contributed by atoms with E-state index in [1.54, 1.807) is 11.3 Å². The molecule has 1 fully saturated rings. The Kier molecular flexibility index (Phi) is 3.34. The predicted molar refractivity (Wildman–Crippen MR) is 88.3 cm³/mol. The molecule has 1 saturated heterocycles. The molecule has 6 nitrogen and oxygen atoms in total. The van der Waals surface area contributed by atoms with Gasteiger partial charge in [0, 0.05) is 29.8 Å². The Bertz CT molecular complexity index is 870. The Balaban J connectivity index is 1.63. The highest BCUT2D eigenvalue weighted by atomic mass is 32.1. The standard InChI is InChI=1S/C16H14N4O2S/c21-14-6-5-12(17-14)15(22)18-11-4-2-1-3-10(11)13-9-20-7-8-23-16(20)19-13/h1-4,7-9,12H,5-6H2,(H,17,21)(H,18,22)/t12-/m1/s1. The number of aromatic nitrogens is 2. The second-order valence-corrected chi connectivity index (χ2v) is 6.29. The lowest BCUT2D eigenvalue weighted by Gasteiger charge is -2.13. The van der Waals surface area contributed by atoms with E-state index in [9.17, 15) is 9.59 Å². The lowest BCUT2D eigenvalue weighted by Crippen LogP contribution is -2.37. The van der Waals surface area contributed by atoms with Gasteiger partial charge in [-0.2, -0.15) is 0 Å². The number of nitrogens with zero attached hydrogens (tertiary/aromatic N) is 2. The molecule has 1 aliphatic heterocycles. The Morgan fingerprint density at radius 1 is 1.39 bits per heavy atom. The molecule has 2 amide bonds. The molecule has 1 atom stereocenters. The van der Waals surface area contributed by atoms with E-state index in [0.717, 1.165) is 16.2 Å². The number of carbonyl (C=O) groups excluding carboxylic acids is 2. The molecule has 7 heteroatoms. The Labute approximate surface area is 136 Å². The summed E-state index contributed by atoms with van der Waals surface area (Å²) in [7, 11) is 0. The number of benzene rings is 1. The molecule has 0 bridgehead atoms. The fourth-order valence-corrected chi connectivity index (χ4v) is 3.40. The monoisotopic (exact) mass is 326 g/mol. The third-order valence-corrected chi connectivity index (χ3v) is 4.64. The van der Waals surface area contributed by atoms with Crippen molar-refractivity contribution in [3.8, 4) is 11.3 Å². The molecule has 1 aromatic carbocycles. The summed E-state index contributed by atoms with van der Waals surface area (Å²) in [5, 5.41) is 7.56. The average molecular weight is 326 g/mol. The number of fused-ring (bicyclic) bond motifs is 1. The van der Waals surface area contributed by atoms with Gasteiger partial charge in [-0.25, -0.2) is 4.98 Å². The first-order valence-corrected chi connectivity index (χ1v) is 8.20. The van der Waals surface area contributed by atoms with Gasteiger partial charge >= 0.3 is 0 Å². The van der Waals surface area contributed by atoms with E-state index in [4.69, 9.17) is 0 Å². The van der Waals surface area contributed by atoms with Crippen LogP contribution in [0, 0.1) is 0 Å². The molecule has 4 rings (SSSR count). The summed E-state index contributed by atoms with van der Waals surface area (Å²) in [6.07, 6.45) is 4.82. The lowest BCUT2D eigenvalue weighted by atomic mass is 10.1. The Hall–Kier alpha value is -2.67. The van der Waals surface area contributed by atoms with Crippen LogP contribution in [0.5, 0.6) is 0 Å². The minimum Gasteiger partial charge on any atom is -0.344 e. The maximum absolute atomic E-state index is 12.3. The fourth-order valence-electron chi connectivity index (χ4n) is 2.70. The van der Waals surface area contributed by atoms with Gasteiger partial charge in [0.05, 0.1) is 11.4 Å². The number of anilines is 1. The zero-order valence-electron chi connectivity index (χ0n) is 12.2. The summed E-state index contributed by atoms with van der Waals surface area (Å²) < 4.78 is 1.95. The third kappa shape index (κ3) is 2.59. The van der Waals surface area contributed by atoms with Crippen molar-refractivity contribution >= 4 is 33.8 Å². The molecule has 2 N–H and O–H groups in total. The highest BCUT2D eigenvalue weighted by Gasteiger charge is 2.27. The van der Waals surface area contributed by atoms with Crippen molar-refractivity contribution in [2.45, 2.75) is 18.9 Å². The van der Waals surface area contributed by atoms with E-state index in [0.29, 0.717) is 18.5 Å². The van der Waals surface area contributed by atoms with Crippen molar-refractivity contribution in [1.82, 2.24) is 14.7 Å². The van der Waals surface area contributed by atoms with Gasteiger partial charge in [0.25, 0.3) is 0 Å². The quantitative estimate of drug-likeness (QED) is 0.775. The highest BCUT2D eigenvalue weighted by molar-refractivity contribution is 7.15. The second kappa shape index (κ2) is 5.51. The number of para-hydroxylation sites is 1. The number of hydrogen-bond acceptors (Lipinski definition) is 4. The predicted octanol–water partition coefficient (Wildman–Crippen LogP) is 2.28. The van der Waals surface area contributed by atoms with Crippen molar-refractivity contribution in [3.63, 3.8) is 0 Å². The molecule has 2 aromatic heterocycles. The Morgan fingerprint density at radius 3 is 3.04 bits per heavy atom. The molecule has 3 aromatic rings. The maximum Gasteiger partial charge on any atom is 0.246 e. The van der Waals surface area contributed by atoms with Crippen molar-refractivity contribution in [3.05, 3.63) is 42.0 Å². The summed E-state index contributed by atoms with van der Waals surface area (Å²) in [5.41, 5.74) is 2.37. The van der Waals surface area contributed by atoms with Crippen molar-refractivity contribution in [2.24, 2.45) is 0 Å². The van der Waals surface area contributed by atoms with Gasteiger partial charge in [0.1, 0.15) is 6.04 Å². The zero-order chi connectivity index (χ0) is 15.8. The van der Waals surface area contributed by atoms with Gasteiger partial charge in [0.2, 0.25) is 11.8 Å². The summed E-state index contributed by atoms with van der Waals surface area (Å²) in [6.45, 7) is 0. The first-order valence-electron chi connectivity index (χ1n) is 7.32. The average Bonchev–Trinajstić information content (AvgIpc) is 3.23. The van der Waals surface area contributed by atoms with Crippen LogP contribution in [0.4, 0.5) is 5.69 Å². The maximum atomic E-state index is 12.3. The molecule has 0 aliphatic carbocycles. The Morgan fingerprint density at radius 2 is 2.26 bits per heavy atom. The van der Waals surface area contributed by atoms with Gasteiger partial charge in [-0.15, -0.1) is 11.3 Å². The highest BCUT2D eigenvalue weighted by Crippen LogP contribution is 2.28. The van der Waals surface area contributed by atoms with Gasteiger partial charge in [-0.1, -0.05) is 18.2 Å². The molecular weight excluding hydrogens is 312 g/mol. The third-order valence-electron chi connectivity index (χ3n) is 3.87. The van der Waals surface area contributed by atoms with Crippen LogP contribution in [-0.4, -0.2) is 27.2 Å². The molecule has 0 radical (unpaired) electrons. The van der Waals surface area contributed by atoms with E-state index < -0.39 is 6.04 Å². The molecule has 116 valence electrons. The van der Waals surface area contributed by atoms with Crippen LogP contribution in [0.25, 0.3) is 16.2 Å². The molecule has 0 saturated carbocycles. The summed E-state index contributed by atoms with van der Waals surface area (Å²) >= 11 is 1.56. The minimum atomic E-state index is -0.457. The summed E-state index contributed by atoms with van der Waals surface area (Å²) in [5.74, 6) is -0.267. The summed E-state index contributed by atoms with van der Waals surface area (Å²) in [6, 6.07) is 7.09. The largest absolute Gasteiger partial charge is 0.344 e. The van der Waals surface area contributed by atoms with Crippen LogP contribution < -0.4 is 10.6 Å². The number of nitrogens with one attached hydrogen (secondary N) is 2. The van der Waals surface area contributed by atoms with Crippen LogP contribution in [0.1, 0.15) is 12.8 Å². The van der Waals surface area contributed by atoms with E-state index in [2.05, 4.69) is 15.6 Å². The summed E-state index contributed by atoms with van der Waals surface area (Å²) in [4.78, 5) is 29.1. The lowest BCUT2D eigenvalue weighted by molar-refractivity contribution is -0.122. The topological polar surface area (TPSA) is 75.5 Å². The van der Waals surface area contributed by atoms with E-state index in [-0.39, 0.29) is 11.8 Å². The number of carbonyl (C=O) groups is 2. The smallest absolute Gasteiger partial charge is 0.246 e. The molecule has 0 unspecified atom stereocenters. The van der Waals surface area contributed by atoms with Gasteiger partial charge in [0.15, 0.2) is 4.96 Å². The first kappa shape index (κ1) is 14.0. The van der Waals surface area contributed by atoms with Crippen molar-refractivity contribution in [1.29, 1.82) is 0 Å². The zero-order valence-corrected chi connectivity index (χ0v) is 13.0. The fraction of sp³-hybridized carbons (Fsp3) is 0.188. The van der Waals surface area contributed by atoms with Gasteiger partial charge in [-0.3, -0.25) is 14.0 Å². The number of hydrogen-bond donors (Lipinski definition) is 2. The van der Waals surface area contributed by atoms with Crippen LogP contribution >= 0.6 is 11.3 Å². The van der Waals surface area contributed by atoms with E-state index >= 15 is 0 Å². The van der Waals surface area contributed by atoms with E-state index in [1.165, 1.54) is 0 Å². The number of imidazole rings is 1. The number of thiazole rings is 1. The molecular formula is C16H14N4O2S. The minimum absolute atomic E-state index is 0.0761. The van der Waals surface area contributed by atoms with Gasteiger partial charge < -0.3 is 10.6 Å². The first-order chi connectivity index (χ1) is 11.2. The SMILES string of the molecule is O=C1CC[C@H](C(=O)Nc2ccccc2-c2cn3ccsc3n2)N1. The number of amides is 2. The second-order valence-electron chi connectivity index (χ2n) is 5.41. The van der Waals surface area contributed by atoms with Crippen LogP contribution in [0.2, 0.25) is 0 Å². The molecule has 23 heavy (non-hydrogen) atoms. The van der Waals surface area contributed by atoms with Crippen molar-refractivity contribution < 1.29 is 9.59 Å². The van der Waals surface area contributed by atoms with E-state index in [1.807, 2.05) is 46.4 Å².